The molecule has 0 aliphatic rings. The van der Waals surface area contributed by atoms with E-state index >= 15 is 0 Å². The van der Waals surface area contributed by atoms with Gasteiger partial charge in [-0.3, -0.25) is 4.79 Å². The first-order valence-corrected chi connectivity index (χ1v) is 6.88. The normalized spacial score (nSPS) is 10.5. The van der Waals surface area contributed by atoms with E-state index in [1.807, 2.05) is 0 Å². The van der Waals surface area contributed by atoms with E-state index < -0.39 is 0 Å². The molecule has 2 aromatic rings. The van der Waals surface area contributed by atoms with Gasteiger partial charge < -0.3 is 0 Å². The molecule has 0 spiro atoms. The molecule has 0 fully saturated rings. The minimum absolute atomic E-state index is 0.0294. The summed E-state index contributed by atoms with van der Waals surface area (Å²) in [5.41, 5.74) is 2.18. The van der Waals surface area contributed by atoms with Crippen LogP contribution in [0.5, 0.6) is 0 Å². The largest absolute Gasteiger partial charge is 0.294 e. The summed E-state index contributed by atoms with van der Waals surface area (Å²) in [5, 5.41) is 0.571. The van der Waals surface area contributed by atoms with Crippen molar-refractivity contribution in [3.05, 3.63) is 68.4 Å². The molecule has 0 heterocycles. The van der Waals surface area contributed by atoms with Gasteiger partial charge in [-0.15, -0.1) is 0 Å². The van der Waals surface area contributed by atoms with Crippen molar-refractivity contribution in [3.8, 4) is 0 Å². The fraction of sp³-hybridized carbons (Fsp3) is 0.133. The average Bonchev–Trinajstić information content (AvgIpc) is 2.32. The minimum atomic E-state index is -0.290. The number of benzene rings is 2. The average molecular weight is 342 g/mol. The predicted octanol–water partition coefficient (Wildman–Crippen LogP) is 4.98. The van der Waals surface area contributed by atoms with Crippen LogP contribution >= 0.6 is 27.5 Å². The van der Waals surface area contributed by atoms with Gasteiger partial charge in [-0.05, 0) is 64.3 Å². The maximum Gasteiger partial charge on any atom is 0.168 e. The van der Waals surface area contributed by atoms with E-state index in [0.717, 1.165) is 11.1 Å². The quantitative estimate of drug-likeness (QED) is 0.720. The Bertz CT molecular complexity index is 640. The van der Waals surface area contributed by atoms with Crippen LogP contribution in [0.1, 0.15) is 21.5 Å². The lowest BCUT2D eigenvalue weighted by Crippen LogP contribution is -2.06. The standard InChI is InChI=1S/C15H11BrClFO/c1-9-6-12(18)4-2-10(9)7-15(19)13-5-3-11(17)8-14(13)16/h2-6,8H,7H2,1H3. The fourth-order valence-electron chi connectivity index (χ4n) is 1.84. The van der Waals surface area contributed by atoms with Crippen LogP contribution < -0.4 is 0 Å². The second-order valence-electron chi connectivity index (χ2n) is 4.29. The zero-order chi connectivity index (χ0) is 14.0. The zero-order valence-corrected chi connectivity index (χ0v) is 12.6. The Morgan fingerprint density at radius 1 is 1.26 bits per heavy atom. The van der Waals surface area contributed by atoms with Crippen molar-refractivity contribution >= 4 is 33.3 Å². The molecule has 0 bridgehead atoms. The Kier molecular flexibility index (Phi) is 4.38. The zero-order valence-electron chi connectivity index (χ0n) is 10.2. The van der Waals surface area contributed by atoms with E-state index in [4.69, 9.17) is 11.6 Å². The van der Waals surface area contributed by atoms with Crippen LogP contribution in [0, 0.1) is 12.7 Å². The molecule has 0 unspecified atom stereocenters. The van der Waals surface area contributed by atoms with Crippen LogP contribution in [-0.4, -0.2) is 5.78 Å². The van der Waals surface area contributed by atoms with E-state index in [1.165, 1.54) is 12.1 Å². The van der Waals surface area contributed by atoms with Crippen LogP contribution in [0.4, 0.5) is 4.39 Å². The van der Waals surface area contributed by atoms with Gasteiger partial charge in [0.2, 0.25) is 0 Å². The Morgan fingerprint density at radius 2 is 2.00 bits per heavy atom. The Morgan fingerprint density at radius 3 is 2.63 bits per heavy atom. The van der Waals surface area contributed by atoms with Gasteiger partial charge >= 0.3 is 0 Å². The highest BCUT2D eigenvalue weighted by atomic mass is 79.9. The lowest BCUT2D eigenvalue weighted by molar-refractivity contribution is 0.0992. The molecule has 0 radical (unpaired) electrons. The van der Waals surface area contributed by atoms with Crippen LogP contribution in [0.3, 0.4) is 0 Å². The van der Waals surface area contributed by atoms with Crippen molar-refractivity contribution in [1.82, 2.24) is 0 Å². The molecule has 0 saturated carbocycles. The number of carbonyl (C=O) groups is 1. The number of Topliss-reactive ketones (excluding diaryl/α,β-unsaturated/α-hetero) is 1. The van der Waals surface area contributed by atoms with Gasteiger partial charge in [0.1, 0.15) is 5.82 Å². The molecule has 0 aliphatic carbocycles. The van der Waals surface area contributed by atoms with Crippen LogP contribution in [0.15, 0.2) is 40.9 Å². The number of hydrogen-bond acceptors (Lipinski definition) is 1. The first-order valence-electron chi connectivity index (χ1n) is 5.70. The predicted molar refractivity (Wildman–Crippen MR) is 78.3 cm³/mol. The second-order valence-corrected chi connectivity index (χ2v) is 5.59. The second kappa shape index (κ2) is 5.85. The number of aryl methyl sites for hydroxylation is 1. The summed E-state index contributed by atoms with van der Waals surface area (Å²) >= 11 is 9.17. The third kappa shape index (κ3) is 3.43. The molecule has 0 N–H and O–H groups in total. The first kappa shape index (κ1) is 14.2. The number of carbonyl (C=O) groups excluding carboxylic acids is 1. The van der Waals surface area contributed by atoms with Crippen molar-refractivity contribution in [1.29, 1.82) is 0 Å². The molecular formula is C15H11BrClFO. The fourth-order valence-corrected chi connectivity index (χ4v) is 2.75. The van der Waals surface area contributed by atoms with Gasteiger partial charge in [0.15, 0.2) is 5.78 Å². The Hall–Kier alpha value is -1.19. The van der Waals surface area contributed by atoms with Crippen molar-refractivity contribution in [2.24, 2.45) is 0 Å². The number of ketones is 1. The molecular weight excluding hydrogens is 331 g/mol. The monoisotopic (exact) mass is 340 g/mol. The van der Waals surface area contributed by atoms with E-state index in [-0.39, 0.29) is 18.0 Å². The smallest absolute Gasteiger partial charge is 0.168 e. The van der Waals surface area contributed by atoms with Gasteiger partial charge in [0.25, 0.3) is 0 Å². The van der Waals surface area contributed by atoms with Gasteiger partial charge in [-0.25, -0.2) is 4.39 Å². The molecule has 4 heteroatoms. The number of rotatable bonds is 3. The summed E-state index contributed by atoms with van der Waals surface area (Å²) in [6, 6.07) is 9.50. The lowest BCUT2D eigenvalue weighted by Gasteiger charge is -2.07. The van der Waals surface area contributed by atoms with Crippen molar-refractivity contribution in [2.75, 3.05) is 0 Å². The van der Waals surface area contributed by atoms with Crippen LogP contribution in [0.25, 0.3) is 0 Å². The van der Waals surface area contributed by atoms with Crippen LogP contribution in [0.2, 0.25) is 5.02 Å². The Labute approximate surface area is 124 Å². The summed E-state index contributed by atoms with van der Waals surface area (Å²) in [6.07, 6.45) is 0.242. The maximum absolute atomic E-state index is 13.0. The van der Waals surface area contributed by atoms with Crippen LogP contribution in [-0.2, 0) is 6.42 Å². The molecule has 0 saturated heterocycles. The van der Waals surface area contributed by atoms with Gasteiger partial charge in [0.05, 0.1) is 0 Å². The highest BCUT2D eigenvalue weighted by molar-refractivity contribution is 9.10. The molecule has 98 valence electrons. The summed E-state index contributed by atoms with van der Waals surface area (Å²) in [7, 11) is 0. The van der Waals surface area contributed by atoms with Crippen molar-refractivity contribution in [3.63, 3.8) is 0 Å². The summed E-state index contributed by atoms with van der Waals surface area (Å²) in [5.74, 6) is -0.320. The van der Waals surface area contributed by atoms with E-state index in [9.17, 15) is 9.18 Å². The molecule has 19 heavy (non-hydrogen) atoms. The first-order chi connectivity index (χ1) is 8.97. The lowest BCUT2D eigenvalue weighted by atomic mass is 9.99. The highest BCUT2D eigenvalue weighted by Gasteiger charge is 2.12. The number of halogens is 3. The summed E-state index contributed by atoms with van der Waals surface area (Å²) < 4.78 is 13.7. The van der Waals surface area contributed by atoms with Crippen molar-refractivity contribution in [2.45, 2.75) is 13.3 Å². The molecule has 2 aromatic carbocycles. The molecule has 0 atom stereocenters. The molecule has 2 rings (SSSR count). The SMILES string of the molecule is Cc1cc(F)ccc1CC(=O)c1ccc(Cl)cc1Br. The minimum Gasteiger partial charge on any atom is -0.294 e. The Balaban J connectivity index is 2.25. The molecule has 0 amide bonds. The summed E-state index contributed by atoms with van der Waals surface area (Å²) in [6.45, 7) is 1.79. The third-order valence-corrected chi connectivity index (χ3v) is 3.78. The maximum atomic E-state index is 13.0. The molecule has 0 aliphatic heterocycles. The molecule has 1 nitrogen and oxygen atoms in total. The van der Waals surface area contributed by atoms with E-state index in [2.05, 4.69) is 15.9 Å². The van der Waals surface area contributed by atoms with Gasteiger partial charge in [-0.2, -0.15) is 0 Å². The molecule has 0 aromatic heterocycles. The van der Waals surface area contributed by atoms with Gasteiger partial charge in [-0.1, -0.05) is 17.7 Å². The van der Waals surface area contributed by atoms with E-state index in [1.54, 1.807) is 31.2 Å². The highest BCUT2D eigenvalue weighted by Crippen LogP contribution is 2.23. The topological polar surface area (TPSA) is 17.1 Å². The third-order valence-electron chi connectivity index (χ3n) is 2.89. The van der Waals surface area contributed by atoms with Gasteiger partial charge in [0, 0.05) is 21.5 Å². The number of hydrogen-bond donors (Lipinski definition) is 0. The van der Waals surface area contributed by atoms with Crippen molar-refractivity contribution < 1.29 is 9.18 Å². The summed E-state index contributed by atoms with van der Waals surface area (Å²) in [4.78, 5) is 12.2. The van der Waals surface area contributed by atoms with E-state index in [0.29, 0.717) is 15.1 Å².